The Morgan fingerprint density at radius 2 is 1.94 bits per heavy atom. The van der Waals surface area contributed by atoms with Crippen molar-refractivity contribution in [2.75, 3.05) is 6.54 Å². The minimum Gasteiger partial charge on any atom is -0.356 e. The molecule has 17 heavy (non-hydrogen) atoms. The van der Waals surface area contributed by atoms with Crippen LogP contribution >= 0.6 is 12.8 Å². The predicted molar refractivity (Wildman–Crippen MR) is 68.2 cm³/mol. The monoisotopic (exact) mass is 254 g/mol. The number of fused-ring (bicyclic) bond motifs is 2. The Morgan fingerprint density at radius 1 is 1.18 bits per heavy atom. The first kappa shape index (κ1) is 12.5. The fourth-order valence-corrected chi connectivity index (χ4v) is 2.86. The second kappa shape index (κ2) is 5.58. The summed E-state index contributed by atoms with van der Waals surface area (Å²) in [4.78, 5) is 22.4. The van der Waals surface area contributed by atoms with Crippen LogP contribution in [0.5, 0.6) is 0 Å². The highest BCUT2D eigenvalue weighted by Gasteiger charge is 2.35. The number of hydrogen-bond donors (Lipinski definition) is 3. The average Bonchev–Trinajstić information content (AvgIpc) is 2.95. The van der Waals surface area contributed by atoms with E-state index in [9.17, 15) is 9.59 Å². The zero-order valence-corrected chi connectivity index (χ0v) is 10.6. The molecule has 3 atom stereocenters. The molecule has 0 aromatic heterocycles. The van der Waals surface area contributed by atoms with Crippen LogP contribution in [0.2, 0.25) is 0 Å². The van der Waals surface area contributed by atoms with Crippen molar-refractivity contribution >= 4 is 24.6 Å². The van der Waals surface area contributed by atoms with Crippen LogP contribution in [0.1, 0.15) is 25.7 Å². The summed E-state index contributed by atoms with van der Waals surface area (Å²) in [7, 11) is 0. The van der Waals surface area contributed by atoms with Crippen LogP contribution in [0.15, 0.2) is 12.2 Å². The van der Waals surface area contributed by atoms with Crippen molar-refractivity contribution in [2.24, 2.45) is 17.8 Å². The van der Waals surface area contributed by atoms with Crippen molar-refractivity contribution in [1.29, 1.82) is 0 Å². The Morgan fingerprint density at radius 3 is 2.53 bits per heavy atom. The van der Waals surface area contributed by atoms with Gasteiger partial charge in [0, 0.05) is 19.4 Å². The van der Waals surface area contributed by atoms with Crippen LogP contribution in [-0.4, -0.2) is 18.4 Å². The summed E-state index contributed by atoms with van der Waals surface area (Å²) >= 11 is 3.63. The van der Waals surface area contributed by atoms with Gasteiger partial charge in [-0.15, -0.1) is 0 Å². The van der Waals surface area contributed by atoms with E-state index < -0.39 is 0 Å². The van der Waals surface area contributed by atoms with E-state index >= 15 is 0 Å². The number of allylic oxidation sites excluding steroid dienone is 2. The first-order valence-electron chi connectivity index (χ1n) is 6.07. The third-order valence-electron chi connectivity index (χ3n) is 3.68. The molecule has 4 nitrogen and oxygen atoms in total. The normalized spacial score (nSPS) is 29.4. The molecule has 2 aliphatic carbocycles. The van der Waals surface area contributed by atoms with E-state index in [2.05, 4.69) is 35.0 Å². The Balaban J connectivity index is 1.63. The summed E-state index contributed by atoms with van der Waals surface area (Å²) < 4.78 is 2.21. The second-order valence-corrected chi connectivity index (χ2v) is 5.10. The van der Waals surface area contributed by atoms with Gasteiger partial charge in [0.1, 0.15) is 0 Å². The quantitative estimate of drug-likeness (QED) is 0.507. The van der Waals surface area contributed by atoms with Crippen molar-refractivity contribution in [3.63, 3.8) is 0 Å². The minimum absolute atomic E-state index is 0.0475. The van der Waals surface area contributed by atoms with E-state index in [1.807, 2.05) is 0 Å². The molecule has 94 valence electrons. The highest BCUT2D eigenvalue weighted by molar-refractivity contribution is 7.78. The van der Waals surface area contributed by atoms with Crippen molar-refractivity contribution in [2.45, 2.75) is 25.7 Å². The number of carbonyl (C=O) groups excluding carboxylic acids is 2. The smallest absolute Gasteiger partial charge is 0.230 e. The molecule has 0 heterocycles. The van der Waals surface area contributed by atoms with E-state index in [0.29, 0.717) is 11.8 Å². The topological polar surface area (TPSA) is 58.2 Å². The fourth-order valence-electron chi connectivity index (χ4n) is 2.75. The van der Waals surface area contributed by atoms with Gasteiger partial charge in [-0.2, -0.15) is 0 Å². The van der Waals surface area contributed by atoms with Crippen molar-refractivity contribution in [3.8, 4) is 0 Å². The SMILES string of the molecule is O=C(CCC(=O)NCC1CC2C=CC1C2)NS. The molecule has 2 N–H and O–H groups in total. The van der Waals surface area contributed by atoms with Gasteiger partial charge in [0.25, 0.3) is 0 Å². The largest absolute Gasteiger partial charge is 0.356 e. The number of nitrogens with one attached hydrogen (secondary N) is 2. The zero-order chi connectivity index (χ0) is 12.3. The van der Waals surface area contributed by atoms with Crippen LogP contribution in [0.25, 0.3) is 0 Å². The number of hydrogen-bond acceptors (Lipinski definition) is 3. The van der Waals surface area contributed by atoms with Gasteiger partial charge in [-0.1, -0.05) is 25.0 Å². The van der Waals surface area contributed by atoms with Crippen molar-refractivity contribution in [1.82, 2.24) is 10.0 Å². The predicted octanol–water partition coefficient (Wildman–Crippen LogP) is 1.06. The molecule has 1 fully saturated rings. The van der Waals surface area contributed by atoms with Crippen molar-refractivity contribution in [3.05, 3.63) is 12.2 Å². The summed E-state index contributed by atoms with van der Waals surface area (Å²) in [6.07, 6.45) is 7.45. The van der Waals surface area contributed by atoms with E-state index in [0.717, 1.165) is 12.5 Å². The molecule has 2 bridgehead atoms. The molecule has 5 heteroatoms. The van der Waals surface area contributed by atoms with Gasteiger partial charge in [-0.3, -0.25) is 9.59 Å². The molecule has 0 aromatic carbocycles. The molecular formula is C12H18N2O2S. The minimum atomic E-state index is -0.216. The second-order valence-electron chi connectivity index (χ2n) is 4.88. The Kier molecular flexibility index (Phi) is 4.10. The van der Waals surface area contributed by atoms with Gasteiger partial charge in [0.2, 0.25) is 11.8 Å². The molecule has 2 aliphatic rings. The molecule has 0 saturated heterocycles. The fraction of sp³-hybridized carbons (Fsp3) is 0.667. The molecule has 0 radical (unpaired) electrons. The first-order chi connectivity index (χ1) is 8.19. The lowest BCUT2D eigenvalue weighted by atomic mass is 9.93. The van der Waals surface area contributed by atoms with Gasteiger partial charge in [-0.25, -0.2) is 0 Å². The maximum atomic E-state index is 11.5. The van der Waals surface area contributed by atoms with E-state index in [4.69, 9.17) is 0 Å². The third-order valence-corrected chi connectivity index (χ3v) is 3.93. The van der Waals surface area contributed by atoms with E-state index in [1.54, 1.807) is 0 Å². The molecule has 0 aromatic rings. The number of amides is 2. The van der Waals surface area contributed by atoms with Gasteiger partial charge >= 0.3 is 0 Å². The summed E-state index contributed by atoms with van der Waals surface area (Å²) in [5.74, 6) is 1.71. The lowest BCUT2D eigenvalue weighted by Crippen LogP contribution is -2.31. The van der Waals surface area contributed by atoms with Gasteiger partial charge in [0.15, 0.2) is 0 Å². The first-order valence-corrected chi connectivity index (χ1v) is 6.51. The van der Waals surface area contributed by atoms with Crippen LogP contribution in [0.3, 0.4) is 0 Å². The van der Waals surface area contributed by atoms with Crippen LogP contribution in [0, 0.1) is 17.8 Å². The molecule has 2 amide bonds. The summed E-state index contributed by atoms with van der Waals surface area (Å²) in [6.45, 7) is 0.743. The summed E-state index contributed by atoms with van der Waals surface area (Å²) in [6, 6.07) is 0. The molecule has 0 aliphatic heterocycles. The zero-order valence-electron chi connectivity index (χ0n) is 9.69. The van der Waals surface area contributed by atoms with E-state index in [1.165, 1.54) is 12.8 Å². The van der Waals surface area contributed by atoms with Crippen LogP contribution < -0.4 is 10.0 Å². The Labute approximate surface area is 107 Å². The average molecular weight is 254 g/mol. The van der Waals surface area contributed by atoms with Crippen LogP contribution in [-0.2, 0) is 9.59 Å². The van der Waals surface area contributed by atoms with Gasteiger partial charge < -0.3 is 10.0 Å². The third kappa shape index (κ3) is 3.25. The van der Waals surface area contributed by atoms with Gasteiger partial charge in [0.05, 0.1) is 0 Å². The molecule has 3 unspecified atom stereocenters. The Hall–Kier alpha value is -0.970. The molecular weight excluding hydrogens is 236 g/mol. The Bertz CT molecular complexity index is 343. The maximum absolute atomic E-state index is 11.5. The number of thiol groups is 1. The lowest BCUT2D eigenvalue weighted by Gasteiger charge is -2.18. The summed E-state index contributed by atoms with van der Waals surface area (Å²) in [5.41, 5.74) is 0. The van der Waals surface area contributed by atoms with Gasteiger partial charge in [-0.05, 0) is 30.6 Å². The number of rotatable bonds is 5. The number of carbonyl (C=O) groups is 2. The molecule has 1 saturated carbocycles. The maximum Gasteiger partial charge on any atom is 0.230 e. The van der Waals surface area contributed by atoms with E-state index in [-0.39, 0.29) is 24.7 Å². The van der Waals surface area contributed by atoms with Crippen LogP contribution in [0.4, 0.5) is 0 Å². The molecule has 2 rings (SSSR count). The summed E-state index contributed by atoms with van der Waals surface area (Å²) in [5, 5.41) is 2.91. The highest BCUT2D eigenvalue weighted by Crippen LogP contribution is 2.42. The standard InChI is InChI=1S/C12H18N2O2S/c15-11(3-4-12(16)14-17)13-7-10-6-8-1-2-9(10)5-8/h1-2,8-10,17H,3-7H2,(H,13,15)(H,14,16). The lowest BCUT2D eigenvalue weighted by molar-refractivity contribution is -0.125. The highest BCUT2D eigenvalue weighted by atomic mass is 32.1. The van der Waals surface area contributed by atoms with Crippen molar-refractivity contribution < 1.29 is 9.59 Å². The molecule has 0 spiro atoms.